The average Bonchev–Trinajstić information content (AvgIpc) is 2.43. The molecular formula is C13H19ClF2N2O. The monoisotopic (exact) mass is 292 g/mol. The standard InChI is InChI=1S/C13H18F2N2O.ClH/c1-18-12-4-2-3-10(13(12)15)11(9-14)17-7-5-16-6-8-17;/h2-4,11,16H,5-9H2,1H3;1H/t11-;/m0./s1. The maximum Gasteiger partial charge on any atom is 0.169 e. The quantitative estimate of drug-likeness (QED) is 0.920. The van der Waals surface area contributed by atoms with Gasteiger partial charge >= 0.3 is 0 Å². The lowest BCUT2D eigenvalue weighted by Gasteiger charge is -2.33. The molecular weight excluding hydrogens is 274 g/mol. The normalized spacial score (nSPS) is 17.6. The van der Waals surface area contributed by atoms with Gasteiger partial charge in [0.25, 0.3) is 0 Å². The fraction of sp³-hybridized carbons (Fsp3) is 0.538. The summed E-state index contributed by atoms with van der Waals surface area (Å²) in [5.74, 6) is -0.290. The van der Waals surface area contributed by atoms with Crippen molar-refractivity contribution in [2.75, 3.05) is 40.0 Å². The Hall–Kier alpha value is -0.910. The van der Waals surface area contributed by atoms with Crippen LogP contribution in [0.2, 0.25) is 0 Å². The molecule has 1 N–H and O–H groups in total. The first-order chi connectivity index (χ1) is 8.77. The van der Waals surface area contributed by atoms with E-state index >= 15 is 0 Å². The SMILES string of the molecule is COc1cccc([C@H](CF)N2CCNCC2)c1F.Cl. The Morgan fingerprint density at radius 2 is 2.05 bits per heavy atom. The van der Waals surface area contributed by atoms with Gasteiger partial charge in [-0.15, -0.1) is 12.4 Å². The Morgan fingerprint density at radius 1 is 1.37 bits per heavy atom. The van der Waals surface area contributed by atoms with E-state index in [1.165, 1.54) is 7.11 Å². The van der Waals surface area contributed by atoms with Crippen molar-refractivity contribution >= 4 is 12.4 Å². The van der Waals surface area contributed by atoms with Crippen LogP contribution in [0.1, 0.15) is 11.6 Å². The van der Waals surface area contributed by atoms with Gasteiger partial charge in [-0.3, -0.25) is 4.90 Å². The summed E-state index contributed by atoms with van der Waals surface area (Å²) in [5, 5.41) is 3.20. The summed E-state index contributed by atoms with van der Waals surface area (Å²) in [6.07, 6.45) is 0. The molecule has 6 heteroatoms. The van der Waals surface area contributed by atoms with Gasteiger partial charge in [0.15, 0.2) is 11.6 Å². The van der Waals surface area contributed by atoms with Crippen molar-refractivity contribution in [2.24, 2.45) is 0 Å². The van der Waals surface area contributed by atoms with Crippen LogP contribution in [0, 0.1) is 5.82 Å². The lowest BCUT2D eigenvalue weighted by Crippen LogP contribution is -2.45. The molecule has 0 aliphatic carbocycles. The van der Waals surface area contributed by atoms with Crippen LogP contribution >= 0.6 is 12.4 Å². The summed E-state index contributed by atoms with van der Waals surface area (Å²) in [4.78, 5) is 1.97. The van der Waals surface area contributed by atoms with E-state index in [1.807, 2.05) is 4.90 Å². The van der Waals surface area contributed by atoms with Crippen LogP contribution in [0.25, 0.3) is 0 Å². The summed E-state index contributed by atoms with van der Waals surface area (Å²) in [5.41, 5.74) is 0.374. The number of hydrogen-bond donors (Lipinski definition) is 1. The van der Waals surface area contributed by atoms with Crippen LogP contribution in [0.4, 0.5) is 8.78 Å². The first-order valence-electron chi connectivity index (χ1n) is 6.11. The summed E-state index contributed by atoms with van der Waals surface area (Å²) >= 11 is 0. The summed E-state index contributed by atoms with van der Waals surface area (Å²) in [7, 11) is 1.41. The van der Waals surface area contributed by atoms with E-state index in [1.54, 1.807) is 18.2 Å². The number of nitrogens with zero attached hydrogens (tertiary/aromatic N) is 1. The molecule has 0 aromatic heterocycles. The molecule has 1 saturated heterocycles. The number of benzene rings is 1. The maximum atomic E-state index is 14.1. The Bertz CT molecular complexity index is 400. The lowest BCUT2D eigenvalue weighted by molar-refractivity contribution is 0.144. The van der Waals surface area contributed by atoms with E-state index in [0.29, 0.717) is 5.56 Å². The van der Waals surface area contributed by atoms with Crippen molar-refractivity contribution in [2.45, 2.75) is 6.04 Å². The molecule has 1 aliphatic heterocycles. The molecule has 108 valence electrons. The van der Waals surface area contributed by atoms with Gasteiger partial charge in [0, 0.05) is 31.7 Å². The van der Waals surface area contributed by atoms with E-state index < -0.39 is 18.5 Å². The van der Waals surface area contributed by atoms with E-state index in [-0.39, 0.29) is 18.2 Å². The van der Waals surface area contributed by atoms with Gasteiger partial charge in [-0.1, -0.05) is 12.1 Å². The number of methoxy groups -OCH3 is 1. The number of alkyl halides is 1. The van der Waals surface area contributed by atoms with E-state index in [0.717, 1.165) is 26.2 Å². The molecule has 0 radical (unpaired) electrons. The predicted octanol–water partition coefficient (Wildman–Crippen LogP) is 2.17. The molecule has 1 atom stereocenters. The Balaban J connectivity index is 0.00000180. The van der Waals surface area contributed by atoms with Crippen LogP contribution < -0.4 is 10.1 Å². The van der Waals surface area contributed by atoms with E-state index in [4.69, 9.17) is 4.74 Å². The van der Waals surface area contributed by atoms with Crippen molar-refractivity contribution < 1.29 is 13.5 Å². The Morgan fingerprint density at radius 3 is 2.63 bits per heavy atom. The Labute approximate surface area is 118 Å². The average molecular weight is 293 g/mol. The van der Waals surface area contributed by atoms with E-state index in [2.05, 4.69) is 5.32 Å². The van der Waals surface area contributed by atoms with Crippen LogP contribution in [0.5, 0.6) is 5.75 Å². The van der Waals surface area contributed by atoms with E-state index in [9.17, 15) is 8.78 Å². The molecule has 1 aromatic carbocycles. The fourth-order valence-corrected chi connectivity index (χ4v) is 2.31. The third-order valence-electron chi connectivity index (χ3n) is 3.31. The third-order valence-corrected chi connectivity index (χ3v) is 3.31. The second-order valence-electron chi connectivity index (χ2n) is 4.32. The maximum absolute atomic E-state index is 14.1. The molecule has 1 aliphatic rings. The van der Waals surface area contributed by atoms with Crippen molar-refractivity contribution in [3.63, 3.8) is 0 Å². The van der Waals surface area contributed by atoms with Crippen LogP contribution in [-0.2, 0) is 0 Å². The minimum atomic E-state index is -0.593. The van der Waals surface area contributed by atoms with Crippen molar-refractivity contribution in [1.82, 2.24) is 10.2 Å². The third kappa shape index (κ3) is 3.55. The molecule has 19 heavy (non-hydrogen) atoms. The number of ether oxygens (including phenoxy) is 1. The Kier molecular flexibility index (Phi) is 6.48. The minimum Gasteiger partial charge on any atom is -0.494 e. The largest absolute Gasteiger partial charge is 0.494 e. The highest BCUT2D eigenvalue weighted by Crippen LogP contribution is 2.29. The molecule has 1 fully saturated rings. The van der Waals surface area contributed by atoms with Crippen LogP contribution in [0.3, 0.4) is 0 Å². The molecule has 0 saturated carbocycles. The number of hydrogen-bond acceptors (Lipinski definition) is 3. The number of piperazine rings is 1. The van der Waals surface area contributed by atoms with Crippen molar-refractivity contribution in [3.05, 3.63) is 29.6 Å². The first kappa shape index (κ1) is 16.1. The van der Waals surface area contributed by atoms with Crippen LogP contribution in [0.15, 0.2) is 18.2 Å². The molecule has 2 rings (SSSR count). The molecule has 3 nitrogen and oxygen atoms in total. The fourth-order valence-electron chi connectivity index (χ4n) is 2.31. The number of nitrogens with one attached hydrogen (secondary N) is 1. The molecule has 0 unspecified atom stereocenters. The predicted molar refractivity (Wildman–Crippen MR) is 73.4 cm³/mol. The van der Waals surface area contributed by atoms with Gasteiger partial charge in [-0.05, 0) is 6.07 Å². The smallest absolute Gasteiger partial charge is 0.169 e. The van der Waals surface area contributed by atoms with Crippen molar-refractivity contribution in [1.29, 1.82) is 0 Å². The molecule has 0 amide bonds. The van der Waals surface area contributed by atoms with Gasteiger partial charge in [0.2, 0.25) is 0 Å². The molecule has 0 bridgehead atoms. The van der Waals surface area contributed by atoms with Crippen LogP contribution in [-0.4, -0.2) is 44.9 Å². The minimum absolute atomic E-state index is 0. The first-order valence-corrected chi connectivity index (χ1v) is 6.11. The topological polar surface area (TPSA) is 24.5 Å². The summed E-state index contributed by atoms with van der Waals surface area (Å²) < 4.78 is 32.3. The zero-order valence-electron chi connectivity index (χ0n) is 10.9. The molecule has 0 spiro atoms. The number of rotatable bonds is 4. The highest BCUT2D eigenvalue weighted by molar-refractivity contribution is 5.85. The van der Waals surface area contributed by atoms with Gasteiger partial charge < -0.3 is 10.1 Å². The number of halogens is 3. The van der Waals surface area contributed by atoms with Gasteiger partial charge in [-0.25, -0.2) is 8.78 Å². The van der Waals surface area contributed by atoms with Gasteiger partial charge in [-0.2, -0.15) is 0 Å². The lowest BCUT2D eigenvalue weighted by atomic mass is 10.0. The van der Waals surface area contributed by atoms with Gasteiger partial charge in [0.1, 0.15) is 6.67 Å². The van der Waals surface area contributed by atoms with Crippen molar-refractivity contribution in [3.8, 4) is 5.75 Å². The highest BCUT2D eigenvalue weighted by atomic mass is 35.5. The zero-order valence-corrected chi connectivity index (χ0v) is 11.7. The molecule has 1 heterocycles. The zero-order chi connectivity index (χ0) is 13.0. The second kappa shape index (κ2) is 7.62. The highest BCUT2D eigenvalue weighted by Gasteiger charge is 2.25. The summed E-state index contributed by atoms with van der Waals surface area (Å²) in [6, 6.07) is 4.35. The summed E-state index contributed by atoms with van der Waals surface area (Å²) in [6.45, 7) is 2.48. The second-order valence-corrected chi connectivity index (χ2v) is 4.32. The molecule has 1 aromatic rings. The van der Waals surface area contributed by atoms with Gasteiger partial charge in [0.05, 0.1) is 13.2 Å².